The lowest BCUT2D eigenvalue weighted by Crippen LogP contribution is -2.48. The van der Waals surface area contributed by atoms with Crippen molar-refractivity contribution in [3.8, 4) is 5.75 Å². The van der Waals surface area contributed by atoms with Gasteiger partial charge in [-0.15, -0.1) is 0 Å². The van der Waals surface area contributed by atoms with Crippen LogP contribution >= 0.6 is 0 Å². The summed E-state index contributed by atoms with van der Waals surface area (Å²) in [7, 11) is 0. The molecule has 1 heterocycles. The Hall–Kier alpha value is -1.71. The third-order valence-electron chi connectivity index (χ3n) is 4.40. The minimum absolute atomic E-state index is 0.00796. The number of benzene rings is 1. The molecule has 1 saturated carbocycles. The van der Waals surface area contributed by atoms with Gasteiger partial charge in [0, 0.05) is 6.04 Å². The monoisotopic (exact) mass is 274 g/mol. The van der Waals surface area contributed by atoms with Gasteiger partial charge in [-0.3, -0.25) is 4.79 Å². The van der Waals surface area contributed by atoms with E-state index in [0.717, 1.165) is 11.4 Å². The number of para-hydroxylation sites is 2. The maximum Gasteiger partial charge on any atom is 0.263 e. The number of hydrogen-bond acceptors (Lipinski definition) is 3. The Labute approximate surface area is 119 Å². The lowest BCUT2D eigenvalue weighted by atomic mass is 9.99. The fraction of sp³-hybridized carbons (Fsp3) is 0.562. The third kappa shape index (κ3) is 2.74. The van der Waals surface area contributed by atoms with Crippen LogP contribution in [0.1, 0.15) is 32.6 Å². The topological polar surface area (TPSA) is 50.4 Å². The number of ether oxygens (including phenoxy) is 1. The van der Waals surface area contributed by atoms with Gasteiger partial charge in [-0.05, 0) is 37.8 Å². The molecule has 108 valence electrons. The first kappa shape index (κ1) is 13.3. The van der Waals surface area contributed by atoms with Crippen LogP contribution in [0.2, 0.25) is 0 Å². The van der Waals surface area contributed by atoms with Crippen LogP contribution in [-0.4, -0.2) is 24.6 Å². The Morgan fingerprint density at radius 1 is 1.35 bits per heavy atom. The minimum atomic E-state index is -0.436. The van der Waals surface area contributed by atoms with E-state index in [1.165, 1.54) is 25.7 Å². The van der Waals surface area contributed by atoms with Crippen LogP contribution in [0.4, 0.5) is 5.69 Å². The highest BCUT2D eigenvalue weighted by molar-refractivity contribution is 5.83. The predicted octanol–water partition coefficient (Wildman–Crippen LogP) is 2.55. The molecule has 1 aliphatic heterocycles. The van der Waals surface area contributed by atoms with Gasteiger partial charge in [0.25, 0.3) is 5.91 Å². The molecule has 0 saturated heterocycles. The molecule has 1 aromatic rings. The zero-order chi connectivity index (χ0) is 13.9. The van der Waals surface area contributed by atoms with Crippen molar-refractivity contribution in [1.29, 1.82) is 0 Å². The highest BCUT2D eigenvalue weighted by atomic mass is 16.5. The van der Waals surface area contributed by atoms with Gasteiger partial charge in [-0.2, -0.15) is 0 Å². The van der Waals surface area contributed by atoms with Crippen LogP contribution in [-0.2, 0) is 4.79 Å². The van der Waals surface area contributed by atoms with E-state index in [-0.39, 0.29) is 11.9 Å². The van der Waals surface area contributed by atoms with Crippen molar-refractivity contribution in [1.82, 2.24) is 5.32 Å². The summed E-state index contributed by atoms with van der Waals surface area (Å²) in [5.41, 5.74) is 0.959. The first-order valence-corrected chi connectivity index (χ1v) is 7.54. The van der Waals surface area contributed by atoms with Crippen LogP contribution < -0.4 is 15.4 Å². The lowest BCUT2D eigenvalue weighted by Gasteiger charge is -2.28. The van der Waals surface area contributed by atoms with E-state index in [4.69, 9.17) is 4.74 Å². The molecule has 2 aliphatic rings. The summed E-state index contributed by atoms with van der Waals surface area (Å²) in [5, 5.41) is 6.37. The SMILES string of the molecule is C[C@@H](NC(=O)C1CNc2ccccc2O1)C1CCCC1. The zero-order valence-electron chi connectivity index (χ0n) is 11.9. The molecule has 2 atom stereocenters. The van der Waals surface area contributed by atoms with E-state index >= 15 is 0 Å². The quantitative estimate of drug-likeness (QED) is 0.890. The number of carbonyl (C=O) groups is 1. The van der Waals surface area contributed by atoms with Crippen molar-refractivity contribution in [3.05, 3.63) is 24.3 Å². The van der Waals surface area contributed by atoms with E-state index < -0.39 is 6.10 Å². The summed E-state index contributed by atoms with van der Waals surface area (Å²) >= 11 is 0. The summed E-state index contributed by atoms with van der Waals surface area (Å²) in [6, 6.07) is 7.97. The van der Waals surface area contributed by atoms with Crippen molar-refractivity contribution >= 4 is 11.6 Å². The standard InChI is InChI=1S/C16H22N2O2/c1-11(12-6-2-3-7-12)18-16(19)15-10-17-13-8-4-5-9-14(13)20-15/h4-5,8-9,11-12,15,17H,2-3,6-7,10H2,1H3,(H,18,19)/t11-,15?/m1/s1. The smallest absolute Gasteiger partial charge is 0.263 e. The van der Waals surface area contributed by atoms with Crippen LogP contribution in [0.3, 0.4) is 0 Å². The lowest BCUT2D eigenvalue weighted by molar-refractivity contribution is -0.128. The van der Waals surface area contributed by atoms with Crippen LogP contribution in [0.25, 0.3) is 0 Å². The van der Waals surface area contributed by atoms with Gasteiger partial charge in [0.1, 0.15) is 5.75 Å². The number of hydrogen-bond donors (Lipinski definition) is 2. The molecule has 0 radical (unpaired) electrons. The van der Waals surface area contributed by atoms with E-state index in [9.17, 15) is 4.79 Å². The normalized spacial score (nSPS) is 23.4. The van der Waals surface area contributed by atoms with Crippen LogP contribution in [0.15, 0.2) is 24.3 Å². The molecule has 1 fully saturated rings. The molecular formula is C16H22N2O2. The van der Waals surface area contributed by atoms with E-state index in [0.29, 0.717) is 12.5 Å². The Bertz CT molecular complexity index is 483. The summed E-state index contributed by atoms with van der Waals surface area (Å²) < 4.78 is 5.78. The second kappa shape index (κ2) is 5.73. The molecule has 1 unspecified atom stereocenters. The summed E-state index contributed by atoms with van der Waals surface area (Å²) in [5.74, 6) is 1.38. The third-order valence-corrected chi connectivity index (χ3v) is 4.40. The molecule has 1 aromatic carbocycles. The molecule has 0 aromatic heterocycles. The van der Waals surface area contributed by atoms with Gasteiger partial charge < -0.3 is 15.4 Å². The van der Waals surface area contributed by atoms with Gasteiger partial charge in [-0.1, -0.05) is 25.0 Å². The number of nitrogens with one attached hydrogen (secondary N) is 2. The Balaban J connectivity index is 1.58. The Kier molecular flexibility index (Phi) is 3.81. The van der Waals surface area contributed by atoms with Crippen molar-refractivity contribution in [2.24, 2.45) is 5.92 Å². The van der Waals surface area contributed by atoms with Gasteiger partial charge >= 0.3 is 0 Å². The molecule has 3 rings (SSSR count). The number of carbonyl (C=O) groups excluding carboxylic acids is 1. The second-order valence-electron chi connectivity index (χ2n) is 5.83. The fourth-order valence-electron chi connectivity index (χ4n) is 3.15. The van der Waals surface area contributed by atoms with Gasteiger partial charge in [0.2, 0.25) is 0 Å². The number of fused-ring (bicyclic) bond motifs is 1. The molecule has 20 heavy (non-hydrogen) atoms. The van der Waals surface area contributed by atoms with Crippen molar-refractivity contribution in [2.75, 3.05) is 11.9 Å². The summed E-state index contributed by atoms with van der Waals surface area (Å²) in [6.07, 6.45) is 4.61. The number of anilines is 1. The molecule has 0 bridgehead atoms. The van der Waals surface area contributed by atoms with E-state index in [1.54, 1.807) is 0 Å². The first-order chi connectivity index (χ1) is 9.74. The highest BCUT2D eigenvalue weighted by Crippen LogP contribution is 2.29. The molecule has 2 N–H and O–H groups in total. The number of rotatable bonds is 3. The first-order valence-electron chi connectivity index (χ1n) is 7.54. The number of amides is 1. The summed E-state index contributed by atoms with van der Waals surface area (Å²) in [6.45, 7) is 2.64. The van der Waals surface area contributed by atoms with Crippen LogP contribution in [0.5, 0.6) is 5.75 Å². The van der Waals surface area contributed by atoms with Crippen molar-refractivity contribution < 1.29 is 9.53 Å². The second-order valence-corrected chi connectivity index (χ2v) is 5.83. The maximum absolute atomic E-state index is 12.3. The molecule has 4 nitrogen and oxygen atoms in total. The molecule has 1 amide bonds. The Morgan fingerprint density at radius 2 is 2.10 bits per heavy atom. The van der Waals surface area contributed by atoms with Gasteiger partial charge in [0.05, 0.1) is 12.2 Å². The van der Waals surface area contributed by atoms with Gasteiger partial charge in [0.15, 0.2) is 6.10 Å². The fourth-order valence-corrected chi connectivity index (χ4v) is 3.15. The summed E-state index contributed by atoms with van der Waals surface area (Å²) in [4.78, 5) is 12.3. The molecule has 1 aliphatic carbocycles. The maximum atomic E-state index is 12.3. The van der Waals surface area contributed by atoms with E-state index in [1.807, 2.05) is 24.3 Å². The zero-order valence-corrected chi connectivity index (χ0v) is 11.9. The van der Waals surface area contributed by atoms with E-state index in [2.05, 4.69) is 17.6 Å². The average Bonchev–Trinajstić information content (AvgIpc) is 3.01. The van der Waals surface area contributed by atoms with Crippen LogP contribution in [0, 0.1) is 5.92 Å². The van der Waals surface area contributed by atoms with Crippen molar-refractivity contribution in [3.63, 3.8) is 0 Å². The predicted molar refractivity (Wildman–Crippen MR) is 78.9 cm³/mol. The largest absolute Gasteiger partial charge is 0.477 e. The van der Waals surface area contributed by atoms with Gasteiger partial charge in [-0.25, -0.2) is 0 Å². The average molecular weight is 274 g/mol. The molecule has 4 heteroatoms. The Morgan fingerprint density at radius 3 is 2.90 bits per heavy atom. The molecular weight excluding hydrogens is 252 g/mol. The minimum Gasteiger partial charge on any atom is -0.477 e. The highest BCUT2D eigenvalue weighted by Gasteiger charge is 2.29. The van der Waals surface area contributed by atoms with Crippen molar-refractivity contribution in [2.45, 2.75) is 44.8 Å². The molecule has 0 spiro atoms.